The Balaban J connectivity index is 0.000000284. The van der Waals surface area contributed by atoms with E-state index < -0.39 is 11.9 Å². The van der Waals surface area contributed by atoms with Gasteiger partial charge in [0.2, 0.25) is 0 Å². The Morgan fingerprint density at radius 3 is 2.09 bits per heavy atom. The van der Waals surface area contributed by atoms with Crippen LogP contribution in [0.3, 0.4) is 0 Å². The normalized spacial score (nSPS) is 14.8. The van der Waals surface area contributed by atoms with Gasteiger partial charge >= 0.3 is 11.9 Å². The lowest BCUT2D eigenvalue weighted by atomic mass is 10.2. The van der Waals surface area contributed by atoms with E-state index in [0.29, 0.717) is 12.2 Å². The first kappa shape index (κ1) is 18.7. The lowest BCUT2D eigenvalue weighted by Gasteiger charge is -2.27. The van der Waals surface area contributed by atoms with Gasteiger partial charge in [0.05, 0.1) is 7.11 Å². The fourth-order valence-corrected chi connectivity index (χ4v) is 2.00. The number of carboxylic acid groups (broad SMARTS) is 2. The van der Waals surface area contributed by atoms with Crippen molar-refractivity contribution in [1.82, 2.24) is 10.2 Å². The van der Waals surface area contributed by atoms with Crippen LogP contribution >= 0.6 is 0 Å². The minimum Gasteiger partial charge on any atom is -0.497 e. The number of hydrogen-bond donors (Lipinski definition) is 3. The van der Waals surface area contributed by atoms with Crippen LogP contribution < -0.4 is 10.1 Å². The lowest BCUT2D eigenvalue weighted by Crippen LogP contribution is -2.42. The maximum absolute atomic E-state index is 9.55. The third-order valence-electron chi connectivity index (χ3n) is 3.14. The zero-order valence-corrected chi connectivity index (χ0v) is 13.1. The summed E-state index contributed by atoms with van der Waals surface area (Å²) in [5.74, 6) is -1.58. The van der Waals surface area contributed by atoms with Crippen LogP contribution in [0.4, 0.5) is 0 Å². The van der Waals surface area contributed by atoms with E-state index in [2.05, 4.69) is 22.3 Å². The number of ether oxygens (including phenoxy) is 1. The summed E-state index contributed by atoms with van der Waals surface area (Å²) in [4.78, 5) is 21.6. The molecular weight excluding hydrogens is 300 g/mol. The van der Waals surface area contributed by atoms with Gasteiger partial charge in [-0.1, -0.05) is 12.1 Å². The molecule has 0 aliphatic carbocycles. The van der Waals surface area contributed by atoms with Crippen molar-refractivity contribution in [2.75, 3.05) is 33.3 Å². The quantitative estimate of drug-likeness (QED) is 0.690. The molecule has 0 unspecified atom stereocenters. The molecule has 2 rings (SSSR count). The number of nitrogens with zero attached hydrogens (tertiary/aromatic N) is 1. The second-order valence-corrected chi connectivity index (χ2v) is 4.88. The fraction of sp³-hybridized carbons (Fsp3) is 0.375. The lowest BCUT2D eigenvalue weighted by molar-refractivity contribution is -0.134. The predicted molar refractivity (Wildman–Crippen MR) is 85.6 cm³/mol. The molecule has 0 saturated carbocycles. The maximum atomic E-state index is 9.55. The summed E-state index contributed by atoms with van der Waals surface area (Å²) < 4.78 is 5.14. The molecule has 0 amide bonds. The average Bonchev–Trinajstić information content (AvgIpc) is 2.55. The summed E-state index contributed by atoms with van der Waals surface area (Å²) in [6, 6.07) is 8.33. The van der Waals surface area contributed by atoms with Gasteiger partial charge in [-0.2, -0.15) is 0 Å². The largest absolute Gasteiger partial charge is 0.497 e. The molecule has 1 aromatic carbocycles. The van der Waals surface area contributed by atoms with Crippen LogP contribution in [-0.4, -0.2) is 60.3 Å². The molecule has 0 atom stereocenters. The highest BCUT2D eigenvalue weighted by molar-refractivity contribution is 5.89. The van der Waals surface area contributed by atoms with Gasteiger partial charge < -0.3 is 20.3 Å². The first-order valence-corrected chi connectivity index (χ1v) is 7.21. The van der Waals surface area contributed by atoms with E-state index in [1.165, 1.54) is 5.56 Å². The number of carboxylic acids is 2. The maximum Gasteiger partial charge on any atom is 0.328 e. The van der Waals surface area contributed by atoms with Crippen LogP contribution in [0.1, 0.15) is 5.56 Å². The van der Waals surface area contributed by atoms with Crippen LogP contribution in [0.15, 0.2) is 36.4 Å². The molecule has 7 heteroatoms. The van der Waals surface area contributed by atoms with Gasteiger partial charge in [-0.3, -0.25) is 4.90 Å². The minimum atomic E-state index is -1.26. The Hall–Kier alpha value is -2.38. The van der Waals surface area contributed by atoms with Crippen molar-refractivity contribution in [3.05, 3.63) is 42.0 Å². The average molecular weight is 322 g/mol. The molecule has 23 heavy (non-hydrogen) atoms. The molecular formula is C16H22N2O5. The van der Waals surface area contributed by atoms with E-state index in [9.17, 15) is 9.59 Å². The Kier molecular flexibility index (Phi) is 8.41. The van der Waals surface area contributed by atoms with E-state index in [1.807, 2.05) is 12.1 Å². The van der Waals surface area contributed by atoms with E-state index in [0.717, 1.165) is 38.5 Å². The predicted octanol–water partition coefficient (Wildman–Crippen LogP) is 0.812. The highest BCUT2D eigenvalue weighted by atomic mass is 16.5. The molecule has 1 aliphatic rings. The van der Waals surface area contributed by atoms with Crippen molar-refractivity contribution in [2.24, 2.45) is 0 Å². The third-order valence-corrected chi connectivity index (χ3v) is 3.14. The highest BCUT2D eigenvalue weighted by Crippen LogP contribution is 2.13. The van der Waals surface area contributed by atoms with Gasteiger partial charge in [-0.15, -0.1) is 0 Å². The SMILES string of the molecule is COc1ccc(CN2CCNCC2)cc1.O=C(O)/C=C\C(=O)O. The number of piperazine rings is 1. The van der Waals surface area contributed by atoms with Crippen molar-refractivity contribution in [2.45, 2.75) is 6.54 Å². The Morgan fingerprint density at radius 2 is 1.65 bits per heavy atom. The van der Waals surface area contributed by atoms with Gasteiger partial charge in [0, 0.05) is 44.9 Å². The van der Waals surface area contributed by atoms with E-state index in [4.69, 9.17) is 14.9 Å². The smallest absolute Gasteiger partial charge is 0.328 e. The van der Waals surface area contributed by atoms with E-state index in [1.54, 1.807) is 7.11 Å². The number of nitrogens with one attached hydrogen (secondary N) is 1. The van der Waals surface area contributed by atoms with Crippen LogP contribution in [0, 0.1) is 0 Å². The molecule has 7 nitrogen and oxygen atoms in total. The van der Waals surface area contributed by atoms with E-state index in [-0.39, 0.29) is 0 Å². The van der Waals surface area contributed by atoms with Gasteiger partial charge in [0.15, 0.2) is 0 Å². The first-order valence-electron chi connectivity index (χ1n) is 7.21. The molecule has 3 N–H and O–H groups in total. The number of methoxy groups -OCH3 is 1. The van der Waals surface area contributed by atoms with Crippen LogP contribution in [0.5, 0.6) is 5.75 Å². The van der Waals surface area contributed by atoms with Crippen molar-refractivity contribution in [1.29, 1.82) is 0 Å². The van der Waals surface area contributed by atoms with Crippen LogP contribution in [0.2, 0.25) is 0 Å². The summed E-state index contributed by atoms with van der Waals surface area (Å²) in [5, 5.41) is 19.0. The monoisotopic (exact) mass is 322 g/mol. The first-order chi connectivity index (χ1) is 11.0. The zero-order valence-electron chi connectivity index (χ0n) is 13.1. The topological polar surface area (TPSA) is 99.1 Å². The van der Waals surface area contributed by atoms with Gasteiger partial charge in [0.1, 0.15) is 5.75 Å². The van der Waals surface area contributed by atoms with Gasteiger partial charge in [0.25, 0.3) is 0 Å². The number of hydrogen-bond acceptors (Lipinski definition) is 5. The second kappa shape index (κ2) is 10.4. The molecule has 1 aliphatic heterocycles. The minimum absolute atomic E-state index is 0.558. The third kappa shape index (κ3) is 8.60. The summed E-state index contributed by atoms with van der Waals surface area (Å²) in [7, 11) is 1.70. The number of benzene rings is 1. The Labute approximate surface area is 135 Å². The zero-order chi connectivity index (χ0) is 17.1. The van der Waals surface area contributed by atoms with Gasteiger partial charge in [-0.05, 0) is 17.7 Å². The van der Waals surface area contributed by atoms with E-state index >= 15 is 0 Å². The molecule has 1 saturated heterocycles. The molecule has 0 bridgehead atoms. The summed E-state index contributed by atoms with van der Waals surface area (Å²) in [6.45, 7) is 5.55. The summed E-state index contributed by atoms with van der Waals surface area (Å²) in [6.07, 6.45) is 1.12. The highest BCUT2D eigenvalue weighted by Gasteiger charge is 2.09. The molecule has 0 aromatic heterocycles. The molecule has 0 spiro atoms. The molecule has 126 valence electrons. The van der Waals surface area contributed by atoms with Crippen LogP contribution in [-0.2, 0) is 16.1 Å². The number of rotatable bonds is 5. The summed E-state index contributed by atoms with van der Waals surface area (Å²) in [5.41, 5.74) is 1.36. The van der Waals surface area contributed by atoms with Crippen molar-refractivity contribution < 1.29 is 24.5 Å². The Morgan fingerprint density at radius 1 is 1.13 bits per heavy atom. The molecule has 1 heterocycles. The molecule has 1 aromatic rings. The van der Waals surface area contributed by atoms with Crippen molar-refractivity contribution in [3.8, 4) is 5.75 Å². The van der Waals surface area contributed by atoms with Crippen molar-refractivity contribution in [3.63, 3.8) is 0 Å². The Bertz CT molecular complexity index is 506. The van der Waals surface area contributed by atoms with Crippen LogP contribution in [0.25, 0.3) is 0 Å². The standard InChI is InChI=1S/C12H18N2O.C4H4O4/c1-15-12-4-2-11(3-5-12)10-14-8-6-13-7-9-14;5-3(6)1-2-4(7)8/h2-5,13H,6-10H2,1H3;1-2H,(H,5,6)(H,7,8)/b;2-1-. The van der Waals surface area contributed by atoms with Gasteiger partial charge in [-0.25, -0.2) is 9.59 Å². The molecule has 0 radical (unpaired) electrons. The number of carbonyl (C=O) groups is 2. The van der Waals surface area contributed by atoms with Crippen molar-refractivity contribution >= 4 is 11.9 Å². The fourth-order valence-electron chi connectivity index (χ4n) is 2.00. The second-order valence-electron chi connectivity index (χ2n) is 4.88. The summed E-state index contributed by atoms with van der Waals surface area (Å²) >= 11 is 0. The molecule has 1 fully saturated rings. The number of aliphatic carboxylic acids is 2.